The lowest BCUT2D eigenvalue weighted by Gasteiger charge is -2.03. The average molecular weight is 474 g/mol. The number of amides is 1. The highest BCUT2D eigenvalue weighted by Gasteiger charge is 2.17. The number of benzene rings is 1. The fourth-order valence-electron chi connectivity index (χ4n) is 2.89. The third kappa shape index (κ3) is 3.65. The minimum Gasteiger partial charge on any atom is -0.300 e. The van der Waals surface area contributed by atoms with Crippen LogP contribution in [0.2, 0.25) is 5.02 Å². The van der Waals surface area contributed by atoms with Gasteiger partial charge in [-0.05, 0) is 24.6 Å². The second-order valence-corrected chi connectivity index (χ2v) is 9.64. The topological polar surface area (TPSA) is 98.0 Å². The Bertz CT molecular complexity index is 1380. The maximum atomic E-state index is 12.2. The molecule has 0 saturated heterocycles. The van der Waals surface area contributed by atoms with E-state index in [1.165, 1.54) is 23.1 Å². The maximum Gasteiger partial charge on any atom is 0.236 e. The predicted molar refractivity (Wildman–Crippen MR) is 121 cm³/mol. The van der Waals surface area contributed by atoms with E-state index in [4.69, 9.17) is 11.6 Å². The van der Waals surface area contributed by atoms with E-state index in [0.29, 0.717) is 21.0 Å². The van der Waals surface area contributed by atoms with Crippen molar-refractivity contribution in [3.8, 4) is 11.1 Å². The zero-order valence-corrected chi connectivity index (χ0v) is 18.6. The summed E-state index contributed by atoms with van der Waals surface area (Å²) in [6.07, 6.45) is 1.69. The number of rotatable bonds is 5. The number of halogens is 1. The molecule has 5 rings (SSSR count). The van der Waals surface area contributed by atoms with Gasteiger partial charge in [-0.25, -0.2) is 4.98 Å². The Labute approximate surface area is 187 Å². The van der Waals surface area contributed by atoms with E-state index in [1.54, 1.807) is 17.7 Å². The molecule has 5 aromatic rings. The van der Waals surface area contributed by atoms with Crippen LogP contribution in [0.3, 0.4) is 0 Å². The van der Waals surface area contributed by atoms with Crippen molar-refractivity contribution < 1.29 is 4.79 Å². The molecule has 0 radical (unpaired) electrons. The van der Waals surface area contributed by atoms with Gasteiger partial charge in [-0.15, -0.1) is 31.7 Å². The van der Waals surface area contributed by atoms with Crippen LogP contribution in [0.1, 0.15) is 5.01 Å². The number of thioether (sulfide) groups is 1. The van der Waals surface area contributed by atoms with Crippen LogP contribution in [0.15, 0.2) is 41.1 Å². The first-order chi connectivity index (χ1) is 14.6. The van der Waals surface area contributed by atoms with Gasteiger partial charge in [0, 0.05) is 16.0 Å². The number of carbonyl (C=O) groups is 1. The van der Waals surface area contributed by atoms with Gasteiger partial charge in [0.05, 0.1) is 11.1 Å². The largest absolute Gasteiger partial charge is 0.300 e. The number of nitrogens with zero attached hydrogens (tertiary/aromatic N) is 6. The summed E-state index contributed by atoms with van der Waals surface area (Å²) >= 11 is 10.2. The van der Waals surface area contributed by atoms with Crippen LogP contribution in [0, 0.1) is 6.92 Å². The van der Waals surface area contributed by atoms with Gasteiger partial charge in [0.1, 0.15) is 16.2 Å². The molecule has 30 heavy (non-hydrogen) atoms. The highest BCUT2D eigenvalue weighted by molar-refractivity contribution is 7.99. The number of aromatic nitrogens is 6. The fraction of sp³-hybridized carbons (Fsp3) is 0.111. The molecule has 0 aliphatic heterocycles. The van der Waals surface area contributed by atoms with Crippen LogP contribution in [0.25, 0.3) is 27.0 Å². The molecule has 0 unspecified atom stereocenters. The monoisotopic (exact) mass is 473 g/mol. The van der Waals surface area contributed by atoms with Gasteiger partial charge in [-0.3, -0.25) is 14.5 Å². The second kappa shape index (κ2) is 7.91. The Hall–Kier alpha value is -2.60. The quantitative estimate of drug-likeness (QED) is 0.374. The normalized spacial score (nSPS) is 11.4. The Morgan fingerprint density at radius 3 is 2.80 bits per heavy atom. The lowest BCUT2D eigenvalue weighted by molar-refractivity contribution is -0.113. The first-order valence-corrected chi connectivity index (χ1v) is 11.7. The Kier molecular flexibility index (Phi) is 5.11. The standard InChI is InChI=1S/C18H12ClN7OS3/c1-9-22-24-17(30-9)21-13(27)7-29-18-25-23-15-14-12(10-2-4-11(19)5-3-10)6-28-16(14)20-8-26(15)18/h2-6,8H,7H2,1H3,(H,21,24,27). The van der Waals surface area contributed by atoms with Crippen LogP contribution >= 0.6 is 46.0 Å². The number of anilines is 1. The van der Waals surface area contributed by atoms with E-state index >= 15 is 0 Å². The summed E-state index contributed by atoms with van der Waals surface area (Å²) in [5.74, 6) is -0.00942. The summed E-state index contributed by atoms with van der Waals surface area (Å²) in [5.41, 5.74) is 2.76. The summed E-state index contributed by atoms with van der Waals surface area (Å²) in [6, 6.07) is 7.66. The molecule has 0 spiro atoms. The summed E-state index contributed by atoms with van der Waals surface area (Å²) in [7, 11) is 0. The third-order valence-electron chi connectivity index (χ3n) is 4.21. The number of fused-ring (bicyclic) bond motifs is 3. The average Bonchev–Trinajstić information content (AvgIpc) is 3.45. The summed E-state index contributed by atoms with van der Waals surface area (Å²) in [4.78, 5) is 17.6. The number of thiophene rings is 1. The Balaban J connectivity index is 1.43. The van der Waals surface area contributed by atoms with Gasteiger partial charge < -0.3 is 0 Å². The van der Waals surface area contributed by atoms with E-state index in [2.05, 4.69) is 36.1 Å². The van der Waals surface area contributed by atoms with E-state index in [9.17, 15) is 4.79 Å². The number of hydrogen-bond donors (Lipinski definition) is 1. The number of nitrogens with one attached hydrogen (secondary N) is 1. The number of aryl methyl sites for hydroxylation is 1. The smallest absolute Gasteiger partial charge is 0.236 e. The van der Waals surface area contributed by atoms with Crippen LogP contribution in [-0.2, 0) is 4.79 Å². The summed E-state index contributed by atoms with van der Waals surface area (Å²) in [6.45, 7) is 1.83. The Morgan fingerprint density at radius 2 is 2.03 bits per heavy atom. The molecule has 0 saturated carbocycles. The molecule has 1 N–H and O–H groups in total. The van der Waals surface area contributed by atoms with Crippen LogP contribution < -0.4 is 5.32 Å². The van der Waals surface area contributed by atoms with Crippen molar-refractivity contribution in [2.24, 2.45) is 0 Å². The summed E-state index contributed by atoms with van der Waals surface area (Å²) in [5, 5.41) is 24.7. The van der Waals surface area contributed by atoms with Gasteiger partial charge in [-0.1, -0.05) is 46.8 Å². The molecule has 0 bridgehead atoms. The molecular weight excluding hydrogens is 462 g/mol. The van der Waals surface area contributed by atoms with E-state index in [-0.39, 0.29) is 11.7 Å². The highest BCUT2D eigenvalue weighted by Crippen LogP contribution is 2.36. The van der Waals surface area contributed by atoms with E-state index < -0.39 is 0 Å². The zero-order chi connectivity index (χ0) is 20.7. The maximum absolute atomic E-state index is 12.2. The number of carbonyl (C=O) groups excluding carboxylic acids is 1. The van der Waals surface area contributed by atoms with E-state index in [0.717, 1.165) is 26.4 Å². The van der Waals surface area contributed by atoms with Crippen LogP contribution in [0.5, 0.6) is 0 Å². The molecule has 0 aliphatic rings. The van der Waals surface area contributed by atoms with Crippen molar-refractivity contribution in [3.05, 3.63) is 46.0 Å². The van der Waals surface area contributed by atoms with Crippen molar-refractivity contribution >= 4 is 72.9 Å². The molecule has 8 nitrogen and oxygen atoms in total. The molecule has 12 heteroatoms. The first-order valence-electron chi connectivity index (χ1n) is 8.68. The van der Waals surface area contributed by atoms with Crippen molar-refractivity contribution in [3.63, 3.8) is 0 Å². The van der Waals surface area contributed by atoms with Crippen molar-refractivity contribution in [1.82, 2.24) is 29.8 Å². The predicted octanol–water partition coefficient (Wildman–Crippen LogP) is 4.55. The van der Waals surface area contributed by atoms with Gasteiger partial charge >= 0.3 is 0 Å². The SMILES string of the molecule is Cc1nnc(NC(=O)CSc2nnc3c4c(-c5ccc(Cl)cc5)csc4ncn23)s1. The van der Waals surface area contributed by atoms with Gasteiger partial charge in [0.15, 0.2) is 10.8 Å². The molecule has 1 aromatic carbocycles. The molecule has 4 aromatic heterocycles. The van der Waals surface area contributed by atoms with Crippen LogP contribution in [-0.4, -0.2) is 41.4 Å². The lowest BCUT2D eigenvalue weighted by Crippen LogP contribution is -2.14. The minimum absolute atomic E-state index is 0.172. The lowest BCUT2D eigenvalue weighted by atomic mass is 10.1. The molecule has 1 amide bonds. The third-order valence-corrected chi connectivity index (χ3v) is 7.05. The molecule has 0 aliphatic carbocycles. The van der Waals surface area contributed by atoms with Crippen molar-refractivity contribution in [2.45, 2.75) is 12.1 Å². The zero-order valence-electron chi connectivity index (χ0n) is 15.4. The van der Waals surface area contributed by atoms with Crippen molar-refractivity contribution in [1.29, 1.82) is 0 Å². The molecule has 0 fully saturated rings. The Morgan fingerprint density at radius 1 is 1.20 bits per heavy atom. The molecular formula is C18H12ClN7OS3. The molecule has 0 atom stereocenters. The van der Waals surface area contributed by atoms with Crippen molar-refractivity contribution in [2.75, 3.05) is 11.1 Å². The van der Waals surface area contributed by atoms with Gasteiger partial charge in [-0.2, -0.15) is 0 Å². The molecule has 4 heterocycles. The van der Waals surface area contributed by atoms with E-state index in [1.807, 2.05) is 35.6 Å². The van der Waals surface area contributed by atoms with Gasteiger partial charge in [0.2, 0.25) is 11.0 Å². The summed E-state index contributed by atoms with van der Waals surface area (Å²) < 4.78 is 1.81. The van der Waals surface area contributed by atoms with Gasteiger partial charge in [0.25, 0.3) is 0 Å². The second-order valence-electron chi connectivity index (χ2n) is 6.22. The first kappa shape index (κ1) is 19.4. The number of hydrogen-bond acceptors (Lipinski definition) is 9. The fourth-order valence-corrected chi connectivity index (χ4v) is 5.24. The minimum atomic E-state index is -0.181. The highest BCUT2D eigenvalue weighted by atomic mass is 35.5. The molecule has 150 valence electrons. The van der Waals surface area contributed by atoms with Crippen LogP contribution in [0.4, 0.5) is 5.13 Å².